The highest BCUT2D eigenvalue weighted by atomic mass is 32.2. The SMILES string of the molecule is NCCN(C1CC1)S(=O)(=O)c1cn[nH]c1. The smallest absolute Gasteiger partial charge is 0.246 e. The molecule has 1 fully saturated rings. The molecule has 0 atom stereocenters. The third kappa shape index (κ3) is 2.04. The second-order valence-corrected chi connectivity index (χ2v) is 5.46. The van der Waals surface area contributed by atoms with E-state index in [1.165, 1.54) is 16.7 Å². The molecule has 0 bridgehead atoms. The van der Waals surface area contributed by atoms with Gasteiger partial charge in [0.15, 0.2) is 0 Å². The molecule has 0 aromatic carbocycles. The van der Waals surface area contributed by atoms with Crippen molar-refractivity contribution in [2.24, 2.45) is 5.73 Å². The minimum atomic E-state index is -3.40. The van der Waals surface area contributed by atoms with Gasteiger partial charge in [0, 0.05) is 25.3 Å². The van der Waals surface area contributed by atoms with E-state index in [4.69, 9.17) is 5.73 Å². The first-order chi connectivity index (χ1) is 7.16. The molecule has 0 unspecified atom stereocenters. The number of hydrogen-bond acceptors (Lipinski definition) is 4. The van der Waals surface area contributed by atoms with Crippen LogP contribution in [0.5, 0.6) is 0 Å². The van der Waals surface area contributed by atoms with Gasteiger partial charge in [0.1, 0.15) is 4.90 Å². The van der Waals surface area contributed by atoms with Crippen LogP contribution in [0.1, 0.15) is 12.8 Å². The minimum absolute atomic E-state index is 0.133. The van der Waals surface area contributed by atoms with Gasteiger partial charge in [0.05, 0.1) is 6.20 Å². The van der Waals surface area contributed by atoms with Crippen molar-refractivity contribution in [3.05, 3.63) is 12.4 Å². The molecule has 1 heterocycles. The molecule has 0 amide bonds. The van der Waals surface area contributed by atoms with Crippen molar-refractivity contribution in [3.63, 3.8) is 0 Å². The molecule has 0 spiro atoms. The molecule has 3 N–H and O–H groups in total. The first-order valence-corrected chi connectivity index (χ1v) is 6.31. The van der Waals surface area contributed by atoms with E-state index in [-0.39, 0.29) is 10.9 Å². The number of H-pyrrole nitrogens is 1. The predicted molar refractivity (Wildman–Crippen MR) is 54.6 cm³/mol. The third-order valence-corrected chi connectivity index (χ3v) is 4.30. The molecule has 7 heteroatoms. The summed E-state index contributed by atoms with van der Waals surface area (Å²) >= 11 is 0. The van der Waals surface area contributed by atoms with E-state index in [9.17, 15) is 8.42 Å². The van der Waals surface area contributed by atoms with Gasteiger partial charge in [-0.25, -0.2) is 8.42 Å². The molecule has 6 nitrogen and oxygen atoms in total. The summed E-state index contributed by atoms with van der Waals surface area (Å²) in [5.74, 6) is 0. The quantitative estimate of drug-likeness (QED) is 0.714. The summed E-state index contributed by atoms with van der Waals surface area (Å²) in [6, 6.07) is 0.133. The van der Waals surface area contributed by atoms with E-state index < -0.39 is 10.0 Å². The Morgan fingerprint density at radius 2 is 2.33 bits per heavy atom. The lowest BCUT2D eigenvalue weighted by molar-refractivity contribution is 0.411. The van der Waals surface area contributed by atoms with Crippen LogP contribution in [0.25, 0.3) is 0 Å². The number of sulfonamides is 1. The second-order valence-electron chi connectivity index (χ2n) is 3.57. The van der Waals surface area contributed by atoms with Crippen LogP contribution in [0, 0.1) is 0 Å². The monoisotopic (exact) mass is 230 g/mol. The Balaban J connectivity index is 2.26. The van der Waals surface area contributed by atoms with Gasteiger partial charge >= 0.3 is 0 Å². The van der Waals surface area contributed by atoms with Crippen molar-refractivity contribution in [1.82, 2.24) is 14.5 Å². The van der Waals surface area contributed by atoms with E-state index in [1.54, 1.807) is 0 Å². The van der Waals surface area contributed by atoms with Crippen LogP contribution in [0.3, 0.4) is 0 Å². The summed E-state index contributed by atoms with van der Waals surface area (Å²) in [4.78, 5) is 0.211. The van der Waals surface area contributed by atoms with E-state index in [0.29, 0.717) is 13.1 Å². The Morgan fingerprint density at radius 1 is 1.60 bits per heavy atom. The molecular weight excluding hydrogens is 216 g/mol. The minimum Gasteiger partial charge on any atom is -0.329 e. The molecule has 1 aliphatic rings. The Labute approximate surface area is 88.5 Å². The van der Waals surface area contributed by atoms with Crippen LogP contribution in [-0.2, 0) is 10.0 Å². The van der Waals surface area contributed by atoms with Crippen LogP contribution < -0.4 is 5.73 Å². The van der Waals surface area contributed by atoms with Crippen molar-refractivity contribution in [1.29, 1.82) is 0 Å². The van der Waals surface area contributed by atoms with E-state index >= 15 is 0 Å². The number of rotatable bonds is 5. The largest absolute Gasteiger partial charge is 0.329 e. The maximum absolute atomic E-state index is 12.1. The van der Waals surface area contributed by atoms with Gasteiger partial charge in [-0.05, 0) is 12.8 Å². The van der Waals surface area contributed by atoms with Gasteiger partial charge in [-0.2, -0.15) is 9.40 Å². The molecule has 1 aromatic rings. The van der Waals surface area contributed by atoms with Gasteiger partial charge in [-0.15, -0.1) is 0 Å². The zero-order chi connectivity index (χ0) is 10.9. The first kappa shape index (κ1) is 10.6. The highest BCUT2D eigenvalue weighted by Crippen LogP contribution is 2.31. The average molecular weight is 230 g/mol. The van der Waals surface area contributed by atoms with Gasteiger partial charge in [0.2, 0.25) is 10.0 Å². The summed E-state index contributed by atoms with van der Waals surface area (Å²) < 4.78 is 25.6. The van der Waals surface area contributed by atoms with Gasteiger partial charge in [-0.3, -0.25) is 5.10 Å². The number of nitrogens with one attached hydrogen (secondary N) is 1. The fraction of sp³-hybridized carbons (Fsp3) is 0.625. The average Bonchev–Trinajstić information content (AvgIpc) is 2.86. The molecule has 0 aliphatic heterocycles. The van der Waals surface area contributed by atoms with Crippen molar-refractivity contribution < 1.29 is 8.42 Å². The Kier molecular flexibility index (Phi) is 2.76. The van der Waals surface area contributed by atoms with Crippen LogP contribution in [0.15, 0.2) is 17.3 Å². The normalized spacial score (nSPS) is 17.2. The molecular formula is C8H14N4O2S. The third-order valence-electron chi connectivity index (χ3n) is 2.38. The van der Waals surface area contributed by atoms with Crippen molar-refractivity contribution in [2.75, 3.05) is 13.1 Å². The molecule has 1 aromatic heterocycles. The summed E-state index contributed by atoms with van der Waals surface area (Å²) in [6.45, 7) is 0.714. The summed E-state index contributed by atoms with van der Waals surface area (Å²) in [5, 5.41) is 6.15. The Morgan fingerprint density at radius 3 is 2.80 bits per heavy atom. The van der Waals surface area contributed by atoms with Crippen molar-refractivity contribution in [3.8, 4) is 0 Å². The zero-order valence-corrected chi connectivity index (χ0v) is 9.07. The number of aromatic nitrogens is 2. The highest BCUT2D eigenvalue weighted by molar-refractivity contribution is 7.89. The maximum atomic E-state index is 12.1. The highest BCUT2D eigenvalue weighted by Gasteiger charge is 2.37. The van der Waals surface area contributed by atoms with Crippen LogP contribution >= 0.6 is 0 Å². The first-order valence-electron chi connectivity index (χ1n) is 4.87. The van der Waals surface area contributed by atoms with Crippen molar-refractivity contribution >= 4 is 10.0 Å². The summed E-state index contributed by atoms with van der Waals surface area (Å²) in [7, 11) is -3.40. The van der Waals surface area contributed by atoms with Gasteiger partial charge in [-0.1, -0.05) is 0 Å². The lowest BCUT2D eigenvalue weighted by Gasteiger charge is -2.19. The van der Waals surface area contributed by atoms with Crippen molar-refractivity contribution in [2.45, 2.75) is 23.8 Å². The molecule has 1 aliphatic carbocycles. The fourth-order valence-corrected chi connectivity index (χ4v) is 3.11. The molecule has 0 radical (unpaired) electrons. The van der Waals surface area contributed by atoms with Gasteiger partial charge < -0.3 is 5.73 Å². The number of hydrogen-bond donors (Lipinski definition) is 2. The lowest BCUT2D eigenvalue weighted by Crippen LogP contribution is -2.36. The number of aromatic amines is 1. The molecule has 84 valence electrons. The van der Waals surface area contributed by atoms with E-state index in [0.717, 1.165) is 12.8 Å². The molecule has 0 saturated heterocycles. The summed E-state index contributed by atoms with van der Waals surface area (Å²) in [6.07, 6.45) is 4.57. The Hall–Kier alpha value is -0.920. The predicted octanol–water partition coefficient (Wildman–Crippen LogP) is -0.479. The number of nitrogens with zero attached hydrogens (tertiary/aromatic N) is 2. The molecule has 2 rings (SSSR count). The van der Waals surface area contributed by atoms with Crippen LogP contribution in [0.2, 0.25) is 0 Å². The standard InChI is InChI=1S/C8H14N4O2S/c9-3-4-12(7-1-2-7)15(13,14)8-5-10-11-6-8/h5-7H,1-4,9H2,(H,10,11). The fourth-order valence-electron chi connectivity index (χ4n) is 1.50. The lowest BCUT2D eigenvalue weighted by atomic mass is 10.6. The molecule has 15 heavy (non-hydrogen) atoms. The van der Waals surface area contributed by atoms with Crippen LogP contribution in [0.4, 0.5) is 0 Å². The topological polar surface area (TPSA) is 92.1 Å². The zero-order valence-electron chi connectivity index (χ0n) is 8.26. The summed E-state index contributed by atoms with van der Waals surface area (Å²) in [5.41, 5.74) is 5.42. The van der Waals surface area contributed by atoms with E-state index in [1.807, 2.05) is 0 Å². The Bertz CT molecular complexity index is 410. The molecule has 1 saturated carbocycles. The van der Waals surface area contributed by atoms with Crippen LogP contribution in [-0.4, -0.2) is 42.1 Å². The van der Waals surface area contributed by atoms with E-state index in [2.05, 4.69) is 10.2 Å². The van der Waals surface area contributed by atoms with Gasteiger partial charge in [0.25, 0.3) is 0 Å². The maximum Gasteiger partial charge on any atom is 0.246 e. The second kappa shape index (κ2) is 3.92. The number of nitrogens with two attached hydrogens (primary N) is 1.